The average molecular weight is 260 g/mol. The Bertz CT molecular complexity index is 335. The summed E-state index contributed by atoms with van der Waals surface area (Å²) in [6.07, 6.45) is 1.64. The van der Waals surface area contributed by atoms with Crippen LogP contribution >= 0.6 is 15.9 Å². The standard InChI is InChI=1S/C9H14BrN3O/c1-3-13-8(7(10)5-12-13)9(14)6(2)4-11/h5-6H,3-4,11H2,1-2H3. The van der Waals surface area contributed by atoms with E-state index in [1.54, 1.807) is 10.9 Å². The van der Waals surface area contributed by atoms with Crippen molar-refractivity contribution in [2.45, 2.75) is 20.4 Å². The highest BCUT2D eigenvalue weighted by Crippen LogP contribution is 2.19. The molecule has 4 nitrogen and oxygen atoms in total. The fourth-order valence-corrected chi connectivity index (χ4v) is 1.68. The summed E-state index contributed by atoms with van der Waals surface area (Å²) >= 11 is 3.31. The average Bonchev–Trinajstić information content (AvgIpc) is 2.57. The minimum Gasteiger partial charge on any atom is -0.330 e. The minimum atomic E-state index is -0.159. The Morgan fingerprint density at radius 1 is 1.79 bits per heavy atom. The summed E-state index contributed by atoms with van der Waals surface area (Å²) in [5, 5.41) is 4.08. The van der Waals surface area contributed by atoms with Gasteiger partial charge in [-0.25, -0.2) is 0 Å². The van der Waals surface area contributed by atoms with Crippen LogP contribution in [0.1, 0.15) is 24.3 Å². The van der Waals surface area contributed by atoms with Crippen molar-refractivity contribution in [3.8, 4) is 0 Å². The number of hydrogen-bond acceptors (Lipinski definition) is 3. The second-order valence-electron chi connectivity index (χ2n) is 3.16. The van der Waals surface area contributed by atoms with E-state index in [1.807, 2.05) is 13.8 Å². The molecule has 0 aliphatic rings. The fourth-order valence-electron chi connectivity index (χ4n) is 1.19. The van der Waals surface area contributed by atoms with Crippen LogP contribution < -0.4 is 5.73 Å². The van der Waals surface area contributed by atoms with Gasteiger partial charge in [0.2, 0.25) is 0 Å². The maximum Gasteiger partial charge on any atom is 0.186 e. The number of ketones is 1. The molecule has 14 heavy (non-hydrogen) atoms. The van der Waals surface area contributed by atoms with E-state index in [0.29, 0.717) is 18.8 Å². The minimum absolute atomic E-state index is 0.0405. The number of hydrogen-bond donors (Lipinski definition) is 1. The summed E-state index contributed by atoms with van der Waals surface area (Å²) in [5.41, 5.74) is 6.07. The molecule has 0 bridgehead atoms. The van der Waals surface area contributed by atoms with Gasteiger partial charge in [0.1, 0.15) is 5.69 Å². The van der Waals surface area contributed by atoms with Gasteiger partial charge in [0.15, 0.2) is 5.78 Å². The number of nitrogens with zero attached hydrogens (tertiary/aromatic N) is 2. The Morgan fingerprint density at radius 2 is 2.43 bits per heavy atom. The maximum atomic E-state index is 11.9. The number of aryl methyl sites for hydroxylation is 1. The van der Waals surface area contributed by atoms with E-state index in [4.69, 9.17) is 5.73 Å². The predicted octanol–water partition coefficient (Wildman–Crippen LogP) is 1.44. The van der Waals surface area contributed by atoms with Gasteiger partial charge >= 0.3 is 0 Å². The van der Waals surface area contributed by atoms with Gasteiger partial charge in [0.05, 0.1) is 10.7 Å². The molecule has 0 aliphatic heterocycles. The van der Waals surface area contributed by atoms with Gasteiger partial charge in [0.25, 0.3) is 0 Å². The van der Waals surface area contributed by atoms with Crippen molar-refractivity contribution in [2.24, 2.45) is 11.7 Å². The number of carbonyl (C=O) groups excluding carboxylic acids is 1. The van der Waals surface area contributed by atoms with Crippen molar-refractivity contribution in [1.29, 1.82) is 0 Å². The Kier molecular flexibility index (Phi) is 3.83. The molecule has 1 heterocycles. The van der Waals surface area contributed by atoms with E-state index in [0.717, 1.165) is 4.47 Å². The molecule has 1 aromatic rings. The molecule has 0 fully saturated rings. The first-order valence-corrected chi connectivity index (χ1v) is 5.36. The molecule has 0 saturated heterocycles. The number of Topliss-reactive ketones (excluding diaryl/α,β-unsaturated/α-hetero) is 1. The van der Waals surface area contributed by atoms with Crippen LogP contribution in [0.15, 0.2) is 10.7 Å². The summed E-state index contributed by atoms with van der Waals surface area (Å²) in [5.74, 6) is -0.118. The normalized spacial score (nSPS) is 12.9. The SMILES string of the molecule is CCn1ncc(Br)c1C(=O)C(C)CN. The van der Waals surface area contributed by atoms with E-state index in [1.165, 1.54) is 0 Å². The van der Waals surface area contributed by atoms with Crippen LogP contribution in [0.4, 0.5) is 0 Å². The lowest BCUT2D eigenvalue weighted by atomic mass is 10.0. The fraction of sp³-hybridized carbons (Fsp3) is 0.556. The Hall–Kier alpha value is -0.680. The lowest BCUT2D eigenvalue weighted by Crippen LogP contribution is -2.23. The van der Waals surface area contributed by atoms with Crippen molar-refractivity contribution < 1.29 is 4.79 Å². The van der Waals surface area contributed by atoms with Crippen LogP contribution in [-0.2, 0) is 6.54 Å². The number of halogens is 1. The molecule has 1 atom stereocenters. The van der Waals surface area contributed by atoms with Crippen molar-refractivity contribution in [1.82, 2.24) is 9.78 Å². The van der Waals surface area contributed by atoms with Gasteiger partial charge in [-0.2, -0.15) is 5.10 Å². The molecule has 1 rings (SSSR count). The molecule has 0 aromatic carbocycles. The van der Waals surface area contributed by atoms with Crippen LogP contribution in [0.5, 0.6) is 0 Å². The van der Waals surface area contributed by atoms with Crippen molar-refractivity contribution >= 4 is 21.7 Å². The van der Waals surface area contributed by atoms with Gasteiger partial charge in [-0.3, -0.25) is 9.48 Å². The van der Waals surface area contributed by atoms with Gasteiger partial charge in [-0.15, -0.1) is 0 Å². The summed E-state index contributed by atoms with van der Waals surface area (Å²) in [6.45, 7) is 4.81. The highest BCUT2D eigenvalue weighted by Gasteiger charge is 2.20. The third-order valence-corrected chi connectivity index (χ3v) is 2.71. The second kappa shape index (κ2) is 4.70. The molecule has 2 N–H and O–H groups in total. The van der Waals surface area contributed by atoms with E-state index >= 15 is 0 Å². The molecule has 1 aromatic heterocycles. The Balaban J connectivity index is 3.04. The molecule has 0 spiro atoms. The van der Waals surface area contributed by atoms with Crippen molar-refractivity contribution in [2.75, 3.05) is 6.54 Å². The van der Waals surface area contributed by atoms with Gasteiger partial charge in [-0.05, 0) is 22.9 Å². The second-order valence-corrected chi connectivity index (χ2v) is 4.01. The first kappa shape index (κ1) is 11.4. The molecule has 0 amide bonds. The van der Waals surface area contributed by atoms with E-state index < -0.39 is 0 Å². The zero-order valence-electron chi connectivity index (χ0n) is 8.33. The molecule has 0 saturated carbocycles. The lowest BCUT2D eigenvalue weighted by Gasteiger charge is -2.09. The zero-order chi connectivity index (χ0) is 10.7. The zero-order valence-corrected chi connectivity index (χ0v) is 9.91. The van der Waals surface area contributed by atoms with Gasteiger partial charge in [-0.1, -0.05) is 6.92 Å². The quantitative estimate of drug-likeness (QED) is 0.833. The van der Waals surface area contributed by atoms with Crippen molar-refractivity contribution in [3.63, 3.8) is 0 Å². The predicted molar refractivity (Wildman–Crippen MR) is 58.1 cm³/mol. The van der Waals surface area contributed by atoms with Crippen LogP contribution in [0.2, 0.25) is 0 Å². The molecular weight excluding hydrogens is 246 g/mol. The van der Waals surface area contributed by atoms with Crippen LogP contribution in [-0.4, -0.2) is 22.1 Å². The summed E-state index contributed by atoms with van der Waals surface area (Å²) in [6, 6.07) is 0. The van der Waals surface area contributed by atoms with Crippen LogP contribution in [0, 0.1) is 5.92 Å². The third kappa shape index (κ3) is 2.04. The highest BCUT2D eigenvalue weighted by atomic mass is 79.9. The topological polar surface area (TPSA) is 60.9 Å². The largest absolute Gasteiger partial charge is 0.330 e. The first-order valence-electron chi connectivity index (χ1n) is 4.57. The van der Waals surface area contributed by atoms with E-state index in [2.05, 4.69) is 21.0 Å². The molecule has 1 unspecified atom stereocenters. The lowest BCUT2D eigenvalue weighted by molar-refractivity contribution is 0.0922. The summed E-state index contributed by atoms with van der Waals surface area (Å²) in [7, 11) is 0. The number of carbonyl (C=O) groups is 1. The molecule has 5 heteroatoms. The van der Waals surface area contributed by atoms with Gasteiger partial charge in [0, 0.05) is 19.0 Å². The molecule has 78 valence electrons. The summed E-state index contributed by atoms with van der Waals surface area (Å²) in [4.78, 5) is 11.9. The Morgan fingerprint density at radius 3 is 2.93 bits per heavy atom. The van der Waals surface area contributed by atoms with Crippen LogP contribution in [0.3, 0.4) is 0 Å². The summed E-state index contributed by atoms with van der Waals surface area (Å²) < 4.78 is 2.42. The molecule has 0 aliphatic carbocycles. The first-order chi connectivity index (χ1) is 6.61. The van der Waals surface area contributed by atoms with Crippen LogP contribution in [0.25, 0.3) is 0 Å². The monoisotopic (exact) mass is 259 g/mol. The maximum absolute atomic E-state index is 11.9. The number of aromatic nitrogens is 2. The van der Waals surface area contributed by atoms with E-state index in [-0.39, 0.29) is 11.7 Å². The highest BCUT2D eigenvalue weighted by molar-refractivity contribution is 9.10. The molecular formula is C9H14BrN3O. The number of nitrogens with two attached hydrogens (primary N) is 1. The Labute approximate surface area is 91.6 Å². The third-order valence-electron chi connectivity index (χ3n) is 2.13. The van der Waals surface area contributed by atoms with Crippen molar-refractivity contribution in [3.05, 3.63) is 16.4 Å². The van der Waals surface area contributed by atoms with Gasteiger partial charge < -0.3 is 5.73 Å². The smallest absolute Gasteiger partial charge is 0.186 e. The number of rotatable bonds is 4. The molecule has 0 radical (unpaired) electrons. The van der Waals surface area contributed by atoms with E-state index in [9.17, 15) is 4.79 Å².